The predicted octanol–water partition coefficient (Wildman–Crippen LogP) is 4.47. The number of benzene rings is 1. The van der Waals surface area contributed by atoms with Gasteiger partial charge in [0.15, 0.2) is 5.82 Å². The summed E-state index contributed by atoms with van der Waals surface area (Å²) in [5.41, 5.74) is 11.1. The number of nitrogen functional groups attached to an aromatic ring is 1. The Morgan fingerprint density at radius 2 is 1.87 bits per heavy atom. The Bertz CT molecular complexity index is 1650. The van der Waals surface area contributed by atoms with Crippen molar-refractivity contribution in [1.29, 1.82) is 5.26 Å². The molecule has 0 unspecified atom stereocenters. The van der Waals surface area contributed by atoms with E-state index in [2.05, 4.69) is 26.5 Å². The Balaban J connectivity index is 1.26. The van der Waals surface area contributed by atoms with E-state index in [0.29, 0.717) is 16.8 Å². The number of nitrogens with two attached hydrogens (primary N) is 1. The number of pyridine rings is 2. The standard InChI is InChI=1S/C28H26FN9/c1-36-16-20(15-33-36)19-12-22(27-23(13-30)28(31)35-38(27)17-19)18-6-7-26(32-14-18)37-10-8-21(9-11-37)34-25-5-3-2-4-24(25)29/h2-7,12,14-17,21,34H,8-11H2,1H3,(H2,31,35). The first-order chi connectivity index (χ1) is 18.5. The molecule has 0 radical (unpaired) electrons. The number of piperidine rings is 1. The first kappa shape index (κ1) is 23.5. The summed E-state index contributed by atoms with van der Waals surface area (Å²) in [5, 5.41) is 21.8. The number of aryl methyl sites for hydroxylation is 1. The topological polar surface area (TPSA) is 113 Å². The second-order valence-electron chi connectivity index (χ2n) is 9.50. The van der Waals surface area contributed by atoms with Gasteiger partial charge in [0.05, 0.1) is 17.4 Å². The molecule has 5 aromatic rings. The molecule has 1 aliphatic rings. The molecule has 0 amide bonds. The Morgan fingerprint density at radius 3 is 2.55 bits per heavy atom. The molecule has 0 atom stereocenters. The van der Waals surface area contributed by atoms with Crippen LogP contribution in [-0.2, 0) is 7.05 Å². The van der Waals surface area contributed by atoms with Crippen molar-refractivity contribution in [3.63, 3.8) is 0 Å². The average molecular weight is 508 g/mol. The van der Waals surface area contributed by atoms with Crippen LogP contribution in [0.4, 0.5) is 21.7 Å². The highest BCUT2D eigenvalue weighted by atomic mass is 19.1. The van der Waals surface area contributed by atoms with Gasteiger partial charge in [-0.2, -0.15) is 10.4 Å². The maximum atomic E-state index is 14.0. The van der Waals surface area contributed by atoms with E-state index < -0.39 is 0 Å². The van der Waals surface area contributed by atoms with Crippen molar-refractivity contribution < 1.29 is 4.39 Å². The van der Waals surface area contributed by atoms with Crippen molar-refractivity contribution >= 4 is 22.8 Å². The maximum Gasteiger partial charge on any atom is 0.164 e. The molecule has 1 aliphatic heterocycles. The zero-order chi connectivity index (χ0) is 26.2. The molecule has 0 aliphatic carbocycles. The fourth-order valence-electron chi connectivity index (χ4n) is 5.04. The number of nitrogens with zero attached hydrogens (tertiary/aromatic N) is 7. The zero-order valence-electron chi connectivity index (χ0n) is 20.8. The van der Waals surface area contributed by atoms with Crippen LogP contribution < -0.4 is 16.0 Å². The van der Waals surface area contributed by atoms with Gasteiger partial charge in [-0.05, 0) is 43.2 Å². The van der Waals surface area contributed by atoms with Crippen molar-refractivity contribution in [3.05, 3.63) is 78.6 Å². The van der Waals surface area contributed by atoms with Crippen LogP contribution >= 0.6 is 0 Å². The third-order valence-corrected chi connectivity index (χ3v) is 7.02. The SMILES string of the molecule is Cn1cc(-c2cc(-c3ccc(N4CCC(Nc5ccccc5F)CC4)nc3)c3c(C#N)c(N)nn3c2)cn1. The average Bonchev–Trinajstić information content (AvgIpc) is 3.52. The number of para-hydroxylation sites is 1. The number of nitriles is 1. The van der Waals surface area contributed by atoms with E-state index in [1.807, 2.05) is 49.9 Å². The Labute approximate surface area is 218 Å². The fourth-order valence-corrected chi connectivity index (χ4v) is 5.04. The lowest BCUT2D eigenvalue weighted by atomic mass is 10.0. The minimum atomic E-state index is -0.228. The van der Waals surface area contributed by atoms with Crippen molar-refractivity contribution in [1.82, 2.24) is 24.4 Å². The molecule has 9 nitrogen and oxygen atoms in total. The third kappa shape index (κ3) is 4.28. The monoisotopic (exact) mass is 507 g/mol. The molecule has 0 bridgehead atoms. The second kappa shape index (κ2) is 9.52. The van der Waals surface area contributed by atoms with Crippen LogP contribution in [-0.4, -0.2) is 43.5 Å². The summed E-state index contributed by atoms with van der Waals surface area (Å²) in [4.78, 5) is 7.00. The van der Waals surface area contributed by atoms with Crippen LogP contribution in [0.2, 0.25) is 0 Å². The number of halogens is 1. The Morgan fingerprint density at radius 1 is 1.05 bits per heavy atom. The minimum absolute atomic E-state index is 0.188. The van der Waals surface area contributed by atoms with Gasteiger partial charge in [0.2, 0.25) is 0 Å². The summed E-state index contributed by atoms with van der Waals surface area (Å²) < 4.78 is 17.4. The van der Waals surface area contributed by atoms with Gasteiger partial charge >= 0.3 is 0 Å². The molecule has 38 heavy (non-hydrogen) atoms. The lowest BCUT2D eigenvalue weighted by molar-refractivity contribution is 0.519. The molecule has 3 N–H and O–H groups in total. The van der Waals surface area contributed by atoms with E-state index in [9.17, 15) is 9.65 Å². The van der Waals surface area contributed by atoms with Gasteiger partial charge in [0.1, 0.15) is 23.3 Å². The highest BCUT2D eigenvalue weighted by Crippen LogP contribution is 2.34. The van der Waals surface area contributed by atoms with Crippen LogP contribution in [0.15, 0.2) is 67.3 Å². The number of nitrogens with one attached hydrogen (secondary N) is 1. The molecule has 5 heterocycles. The fraction of sp³-hybridized carbons (Fsp3) is 0.214. The molecule has 10 heteroatoms. The second-order valence-corrected chi connectivity index (χ2v) is 9.50. The molecule has 0 saturated carbocycles. The van der Waals surface area contributed by atoms with Crippen molar-refractivity contribution in [2.75, 3.05) is 29.0 Å². The van der Waals surface area contributed by atoms with Gasteiger partial charge in [-0.1, -0.05) is 12.1 Å². The summed E-state index contributed by atoms with van der Waals surface area (Å²) in [6.07, 6.45) is 9.16. The zero-order valence-corrected chi connectivity index (χ0v) is 20.8. The summed E-state index contributed by atoms with van der Waals surface area (Å²) in [6.45, 7) is 1.63. The Hall–Kier alpha value is -4.91. The molecule has 0 spiro atoms. The minimum Gasteiger partial charge on any atom is -0.381 e. The number of rotatable bonds is 5. The number of fused-ring (bicyclic) bond motifs is 1. The third-order valence-electron chi connectivity index (χ3n) is 7.02. The number of hydrogen-bond acceptors (Lipinski definition) is 7. The van der Waals surface area contributed by atoms with Gasteiger partial charge in [0.25, 0.3) is 0 Å². The lowest BCUT2D eigenvalue weighted by Crippen LogP contribution is -2.39. The number of aromatic nitrogens is 5. The quantitative estimate of drug-likeness (QED) is 0.361. The molecule has 1 aromatic carbocycles. The summed E-state index contributed by atoms with van der Waals surface area (Å²) in [7, 11) is 1.87. The van der Waals surface area contributed by atoms with Crippen LogP contribution in [0.25, 0.3) is 27.8 Å². The lowest BCUT2D eigenvalue weighted by Gasteiger charge is -2.33. The smallest absolute Gasteiger partial charge is 0.164 e. The van der Waals surface area contributed by atoms with Crippen molar-refractivity contribution in [2.45, 2.75) is 18.9 Å². The highest BCUT2D eigenvalue weighted by Gasteiger charge is 2.22. The van der Waals surface area contributed by atoms with Crippen LogP contribution in [0.5, 0.6) is 0 Å². The van der Waals surface area contributed by atoms with Gasteiger partial charge in [-0.15, -0.1) is 5.10 Å². The molecule has 1 fully saturated rings. The molecular formula is C28H26FN9. The van der Waals surface area contributed by atoms with Gasteiger partial charge in [-0.3, -0.25) is 4.68 Å². The van der Waals surface area contributed by atoms with E-state index in [0.717, 1.165) is 54.0 Å². The summed E-state index contributed by atoms with van der Waals surface area (Å²) in [5.74, 6) is 0.841. The van der Waals surface area contributed by atoms with Crippen LogP contribution in [0.3, 0.4) is 0 Å². The van der Waals surface area contributed by atoms with E-state index in [1.165, 1.54) is 6.07 Å². The summed E-state index contributed by atoms with van der Waals surface area (Å²) >= 11 is 0. The van der Waals surface area contributed by atoms with E-state index in [-0.39, 0.29) is 17.7 Å². The van der Waals surface area contributed by atoms with Crippen molar-refractivity contribution in [2.24, 2.45) is 7.05 Å². The van der Waals surface area contributed by atoms with Crippen molar-refractivity contribution in [3.8, 4) is 28.3 Å². The number of anilines is 3. The Kier molecular flexibility index (Phi) is 5.88. The predicted molar refractivity (Wildman–Crippen MR) is 145 cm³/mol. The van der Waals surface area contributed by atoms with E-state index in [4.69, 9.17) is 10.7 Å². The first-order valence-corrected chi connectivity index (χ1v) is 12.4. The largest absolute Gasteiger partial charge is 0.381 e. The van der Waals surface area contributed by atoms with E-state index >= 15 is 0 Å². The molecule has 190 valence electrons. The summed E-state index contributed by atoms with van der Waals surface area (Å²) in [6, 6.07) is 15.2. The molecule has 1 saturated heterocycles. The van der Waals surface area contributed by atoms with Gasteiger partial charge < -0.3 is 16.0 Å². The van der Waals surface area contributed by atoms with Crippen LogP contribution in [0, 0.1) is 17.1 Å². The first-order valence-electron chi connectivity index (χ1n) is 12.4. The maximum absolute atomic E-state index is 14.0. The van der Waals surface area contributed by atoms with Crippen LogP contribution in [0.1, 0.15) is 18.4 Å². The number of hydrogen-bond donors (Lipinski definition) is 2. The molecule has 6 rings (SSSR count). The van der Waals surface area contributed by atoms with Gasteiger partial charge in [-0.25, -0.2) is 13.9 Å². The molecular weight excluding hydrogens is 481 g/mol. The van der Waals surface area contributed by atoms with Gasteiger partial charge in [0, 0.05) is 67.0 Å². The van der Waals surface area contributed by atoms with E-state index in [1.54, 1.807) is 27.5 Å². The highest BCUT2D eigenvalue weighted by molar-refractivity contribution is 5.90. The normalized spacial score (nSPS) is 14.1. The molecule has 4 aromatic heterocycles.